The van der Waals surface area contributed by atoms with Gasteiger partial charge in [0, 0.05) is 33.8 Å². The second-order valence-corrected chi connectivity index (χ2v) is 7.72. The zero-order valence-electron chi connectivity index (χ0n) is 14.8. The lowest BCUT2D eigenvalue weighted by molar-refractivity contribution is -0.122. The number of nitrogens with one attached hydrogen (secondary N) is 2. The summed E-state index contributed by atoms with van der Waals surface area (Å²) in [6.07, 6.45) is -0.284. The lowest BCUT2D eigenvalue weighted by Crippen LogP contribution is -2.34. The highest BCUT2D eigenvalue weighted by Gasteiger charge is 2.23. The van der Waals surface area contributed by atoms with E-state index in [0.29, 0.717) is 22.7 Å². The van der Waals surface area contributed by atoms with Crippen molar-refractivity contribution >= 4 is 40.3 Å². The normalized spacial score (nSPS) is 15.7. The number of carbonyl (C=O) groups is 3. The molecule has 1 aromatic heterocycles. The fourth-order valence-corrected chi connectivity index (χ4v) is 3.72. The Morgan fingerprint density at radius 2 is 2.00 bits per heavy atom. The molecule has 0 bridgehead atoms. The van der Waals surface area contributed by atoms with Crippen LogP contribution in [0.15, 0.2) is 24.3 Å². The Kier molecular flexibility index (Phi) is 5.08. The Labute approximate surface area is 155 Å². The molecule has 0 aliphatic carbocycles. The summed E-state index contributed by atoms with van der Waals surface area (Å²) in [5, 5.41) is 5.48. The number of aryl methyl sites for hydroxylation is 2. The van der Waals surface area contributed by atoms with Crippen molar-refractivity contribution in [3.8, 4) is 5.75 Å². The first-order valence-corrected chi connectivity index (χ1v) is 9.17. The molecule has 6 nitrogen and oxygen atoms in total. The van der Waals surface area contributed by atoms with E-state index < -0.39 is 6.10 Å². The number of anilines is 2. The van der Waals surface area contributed by atoms with Crippen LogP contribution in [0.1, 0.15) is 39.9 Å². The van der Waals surface area contributed by atoms with Crippen molar-refractivity contribution in [2.75, 3.05) is 10.6 Å². The number of hydrogen-bond acceptors (Lipinski definition) is 5. The standard InChI is InChI=1S/C19H20N2O4S/c1-10-8-14(12(3)26-10)16(22)5-7-18(23)20-13-4-6-17-15(9-13)21-19(24)11(2)25-17/h4,6,8-9,11H,5,7H2,1-3H3,(H,20,23)(H,21,24). The fraction of sp³-hybridized carbons (Fsp3) is 0.316. The SMILES string of the molecule is Cc1cc(C(=O)CCC(=O)Nc2ccc3c(c2)NC(=O)C(C)O3)c(C)s1. The molecule has 1 aromatic carbocycles. The van der Waals surface area contributed by atoms with Gasteiger partial charge in [0.05, 0.1) is 5.69 Å². The minimum Gasteiger partial charge on any atom is -0.479 e. The van der Waals surface area contributed by atoms with E-state index in [4.69, 9.17) is 4.74 Å². The van der Waals surface area contributed by atoms with E-state index in [2.05, 4.69) is 10.6 Å². The van der Waals surface area contributed by atoms with Crippen molar-refractivity contribution in [2.45, 2.75) is 39.7 Å². The van der Waals surface area contributed by atoms with Crippen LogP contribution in [0.4, 0.5) is 11.4 Å². The van der Waals surface area contributed by atoms with Crippen molar-refractivity contribution in [1.82, 2.24) is 0 Å². The van der Waals surface area contributed by atoms with Gasteiger partial charge >= 0.3 is 0 Å². The molecule has 0 spiro atoms. The molecule has 26 heavy (non-hydrogen) atoms. The first kappa shape index (κ1) is 18.1. The van der Waals surface area contributed by atoms with Crippen LogP contribution in [0, 0.1) is 13.8 Å². The van der Waals surface area contributed by atoms with E-state index in [-0.39, 0.29) is 30.4 Å². The van der Waals surface area contributed by atoms with E-state index in [1.807, 2.05) is 19.9 Å². The lowest BCUT2D eigenvalue weighted by atomic mass is 10.1. The predicted molar refractivity (Wildman–Crippen MR) is 101 cm³/mol. The Balaban J connectivity index is 1.59. The minimum atomic E-state index is -0.543. The van der Waals surface area contributed by atoms with Crippen molar-refractivity contribution < 1.29 is 19.1 Å². The number of ether oxygens (including phenoxy) is 1. The van der Waals surface area contributed by atoms with Crippen LogP contribution in [0.3, 0.4) is 0 Å². The number of amides is 2. The number of fused-ring (bicyclic) bond motifs is 1. The van der Waals surface area contributed by atoms with Gasteiger partial charge in [-0.3, -0.25) is 14.4 Å². The van der Waals surface area contributed by atoms with Gasteiger partial charge in [-0.15, -0.1) is 11.3 Å². The molecule has 2 heterocycles. The molecule has 2 amide bonds. The number of ketones is 1. The number of thiophene rings is 1. The van der Waals surface area contributed by atoms with Gasteiger partial charge in [0.15, 0.2) is 11.9 Å². The van der Waals surface area contributed by atoms with Gasteiger partial charge in [-0.2, -0.15) is 0 Å². The van der Waals surface area contributed by atoms with Crippen molar-refractivity contribution in [3.63, 3.8) is 0 Å². The van der Waals surface area contributed by atoms with E-state index in [1.54, 1.807) is 36.5 Å². The van der Waals surface area contributed by atoms with Gasteiger partial charge < -0.3 is 15.4 Å². The van der Waals surface area contributed by atoms with E-state index in [9.17, 15) is 14.4 Å². The molecule has 3 rings (SSSR count). The highest BCUT2D eigenvalue weighted by Crippen LogP contribution is 2.32. The predicted octanol–water partition coefficient (Wildman–Crippen LogP) is 3.69. The molecular weight excluding hydrogens is 352 g/mol. The molecule has 2 N–H and O–H groups in total. The average molecular weight is 372 g/mol. The summed E-state index contributed by atoms with van der Waals surface area (Å²) < 4.78 is 5.48. The molecule has 1 atom stereocenters. The number of Topliss-reactive ketones (excluding diaryl/α,β-unsaturated/α-hetero) is 1. The summed E-state index contributed by atoms with van der Waals surface area (Å²) >= 11 is 1.58. The fourth-order valence-electron chi connectivity index (χ4n) is 2.78. The van der Waals surface area contributed by atoms with Crippen LogP contribution in [-0.4, -0.2) is 23.7 Å². The third kappa shape index (κ3) is 3.94. The quantitative estimate of drug-likeness (QED) is 0.784. The molecule has 1 aliphatic rings. The van der Waals surface area contributed by atoms with Crippen LogP contribution >= 0.6 is 11.3 Å². The lowest BCUT2D eigenvalue weighted by Gasteiger charge is -2.23. The minimum absolute atomic E-state index is 0.0258. The number of rotatable bonds is 5. The van der Waals surface area contributed by atoms with Crippen LogP contribution in [-0.2, 0) is 9.59 Å². The summed E-state index contributed by atoms with van der Waals surface area (Å²) in [6.45, 7) is 5.54. The maximum atomic E-state index is 12.3. The van der Waals surface area contributed by atoms with E-state index in [1.165, 1.54) is 0 Å². The van der Waals surface area contributed by atoms with Gasteiger partial charge in [-0.25, -0.2) is 0 Å². The average Bonchev–Trinajstić information content (AvgIpc) is 2.92. The van der Waals surface area contributed by atoms with Gasteiger partial charge in [0.2, 0.25) is 5.91 Å². The van der Waals surface area contributed by atoms with Crippen LogP contribution in [0.25, 0.3) is 0 Å². The van der Waals surface area contributed by atoms with Crippen molar-refractivity contribution in [3.05, 3.63) is 39.6 Å². The largest absolute Gasteiger partial charge is 0.479 e. The Morgan fingerprint density at radius 1 is 1.23 bits per heavy atom. The van der Waals surface area contributed by atoms with Gasteiger partial charge in [0.1, 0.15) is 5.75 Å². The molecule has 0 radical (unpaired) electrons. The Bertz CT molecular complexity index is 888. The molecule has 0 saturated carbocycles. The summed E-state index contributed by atoms with van der Waals surface area (Å²) in [7, 11) is 0. The van der Waals surface area contributed by atoms with Crippen molar-refractivity contribution in [1.29, 1.82) is 0 Å². The first-order valence-electron chi connectivity index (χ1n) is 8.35. The topological polar surface area (TPSA) is 84.5 Å². The van der Waals surface area contributed by atoms with Crippen LogP contribution in [0.5, 0.6) is 5.75 Å². The molecule has 136 valence electrons. The maximum absolute atomic E-state index is 12.3. The second-order valence-electron chi connectivity index (χ2n) is 6.26. The van der Waals surface area contributed by atoms with Crippen molar-refractivity contribution in [2.24, 2.45) is 0 Å². The molecule has 7 heteroatoms. The van der Waals surface area contributed by atoms with Gasteiger partial charge in [-0.1, -0.05) is 0 Å². The third-order valence-electron chi connectivity index (χ3n) is 4.11. The third-order valence-corrected chi connectivity index (χ3v) is 5.08. The molecular formula is C19H20N2O4S. The Hall–Kier alpha value is -2.67. The van der Waals surface area contributed by atoms with Crippen LogP contribution < -0.4 is 15.4 Å². The van der Waals surface area contributed by atoms with Crippen LogP contribution in [0.2, 0.25) is 0 Å². The molecule has 0 saturated heterocycles. The van der Waals surface area contributed by atoms with Gasteiger partial charge in [0.25, 0.3) is 5.91 Å². The molecule has 1 unspecified atom stereocenters. The zero-order valence-corrected chi connectivity index (χ0v) is 15.7. The second kappa shape index (κ2) is 7.29. The summed E-state index contributed by atoms with van der Waals surface area (Å²) in [4.78, 5) is 38.1. The molecule has 0 fully saturated rings. The first-order chi connectivity index (χ1) is 12.3. The highest BCUT2D eigenvalue weighted by molar-refractivity contribution is 7.12. The maximum Gasteiger partial charge on any atom is 0.265 e. The number of benzene rings is 1. The van der Waals surface area contributed by atoms with Gasteiger partial charge in [-0.05, 0) is 45.0 Å². The van der Waals surface area contributed by atoms with E-state index in [0.717, 1.165) is 9.75 Å². The smallest absolute Gasteiger partial charge is 0.265 e. The zero-order chi connectivity index (χ0) is 18.8. The summed E-state index contributed by atoms with van der Waals surface area (Å²) in [5.41, 5.74) is 1.76. The number of carbonyl (C=O) groups excluding carboxylic acids is 3. The summed E-state index contributed by atoms with van der Waals surface area (Å²) in [5.74, 6) is 0.0583. The molecule has 2 aromatic rings. The highest BCUT2D eigenvalue weighted by atomic mass is 32.1. The summed E-state index contributed by atoms with van der Waals surface area (Å²) in [6, 6.07) is 6.91. The monoisotopic (exact) mass is 372 g/mol. The Morgan fingerprint density at radius 3 is 2.69 bits per heavy atom. The number of hydrogen-bond donors (Lipinski definition) is 2. The van der Waals surface area contributed by atoms with E-state index >= 15 is 0 Å². The molecule has 1 aliphatic heterocycles.